The molecule has 84 valence electrons. The summed E-state index contributed by atoms with van der Waals surface area (Å²) in [6.07, 6.45) is 0.746. The minimum absolute atomic E-state index is 0.168. The van der Waals surface area contributed by atoms with Crippen molar-refractivity contribution in [2.45, 2.75) is 19.4 Å². The van der Waals surface area contributed by atoms with Gasteiger partial charge in [0.25, 0.3) is 0 Å². The van der Waals surface area contributed by atoms with Gasteiger partial charge in [0.1, 0.15) is 0 Å². The first kappa shape index (κ1) is 12.8. The van der Waals surface area contributed by atoms with Gasteiger partial charge in [0.05, 0.1) is 0 Å². The molecular formula is C11H15Cl2NO. The average molecular weight is 248 g/mol. The first-order valence-electron chi connectivity index (χ1n) is 4.94. The summed E-state index contributed by atoms with van der Waals surface area (Å²) in [5, 5.41) is 13.2. The van der Waals surface area contributed by atoms with E-state index in [-0.39, 0.29) is 12.6 Å². The molecular weight excluding hydrogens is 233 g/mol. The summed E-state index contributed by atoms with van der Waals surface area (Å²) in [5.41, 5.74) is 1.03. The van der Waals surface area contributed by atoms with E-state index in [1.54, 1.807) is 6.07 Å². The zero-order valence-electron chi connectivity index (χ0n) is 8.63. The van der Waals surface area contributed by atoms with Crippen LogP contribution in [0.25, 0.3) is 0 Å². The summed E-state index contributed by atoms with van der Waals surface area (Å²) in [4.78, 5) is 0. The van der Waals surface area contributed by atoms with Crippen molar-refractivity contribution in [3.05, 3.63) is 33.8 Å². The lowest BCUT2D eigenvalue weighted by Crippen LogP contribution is -2.20. The Bertz CT molecular complexity index is 317. The number of nitrogens with one attached hydrogen (secondary N) is 1. The summed E-state index contributed by atoms with van der Waals surface area (Å²) in [5.74, 6) is 0. The Morgan fingerprint density at radius 2 is 2.13 bits per heavy atom. The van der Waals surface area contributed by atoms with Crippen LogP contribution in [0.2, 0.25) is 10.0 Å². The van der Waals surface area contributed by atoms with E-state index < -0.39 is 0 Å². The van der Waals surface area contributed by atoms with Crippen LogP contribution in [0, 0.1) is 0 Å². The molecule has 0 saturated carbocycles. The molecule has 1 aromatic rings. The van der Waals surface area contributed by atoms with Gasteiger partial charge in [0.15, 0.2) is 0 Å². The number of halogens is 2. The highest BCUT2D eigenvalue weighted by Crippen LogP contribution is 2.25. The molecule has 0 heterocycles. The van der Waals surface area contributed by atoms with E-state index in [4.69, 9.17) is 28.3 Å². The van der Waals surface area contributed by atoms with Gasteiger partial charge in [-0.25, -0.2) is 0 Å². The number of hydrogen-bond acceptors (Lipinski definition) is 2. The van der Waals surface area contributed by atoms with Crippen LogP contribution in [0.3, 0.4) is 0 Å². The second-order valence-corrected chi connectivity index (χ2v) is 4.26. The van der Waals surface area contributed by atoms with Gasteiger partial charge < -0.3 is 10.4 Å². The van der Waals surface area contributed by atoms with Crippen molar-refractivity contribution in [1.82, 2.24) is 5.32 Å². The lowest BCUT2D eigenvalue weighted by atomic mass is 10.1. The van der Waals surface area contributed by atoms with Crippen molar-refractivity contribution in [2.75, 3.05) is 13.2 Å². The maximum atomic E-state index is 8.66. The Morgan fingerprint density at radius 1 is 1.40 bits per heavy atom. The first-order chi connectivity index (χ1) is 7.15. The molecule has 1 atom stereocenters. The molecule has 0 aliphatic heterocycles. The highest BCUT2D eigenvalue weighted by Gasteiger charge is 2.08. The van der Waals surface area contributed by atoms with Crippen LogP contribution in [0.4, 0.5) is 0 Å². The second kappa shape index (κ2) is 6.33. The van der Waals surface area contributed by atoms with Gasteiger partial charge in [-0.3, -0.25) is 0 Å². The Balaban J connectivity index is 2.61. The lowest BCUT2D eigenvalue weighted by molar-refractivity contribution is 0.284. The summed E-state index contributed by atoms with van der Waals surface area (Å²) in [7, 11) is 0. The fourth-order valence-corrected chi connectivity index (χ4v) is 1.93. The van der Waals surface area contributed by atoms with Crippen molar-refractivity contribution < 1.29 is 5.11 Å². The molecule has 2 N–H and O–H groups in total. The largest absolute Gasteiger partial charge is 0.396 e. The standard InChI is InChI=1S/C11H15Cl2NO/c1-8(14-5-2-6-15)10-4-3-9(12)7-11(10)13/h3-4,7-8,14-15H,2,5-6H2,1H3/t8-/m1/s1. The van der Waals surface area contributed by atoms with Crippen molar-refractivity contribution in [1.29, 1.82) is 0 Å². The molecule has 15 heavy (non-hydrogen) atoms. The number of aliphatic hydroxyl groups excluding tert-OH is 1. The van der Waals surface area contributed by atoms with Crippen LogP contribution in [-0.2, 0) is 0 Å². The van der Waals surface area contributed by atoms with Crippen molar-refractivity contribution >= 4 is 23.2 Å². The molecule has 0 spiro atoms. The predicted octanol–water partition coefficient (Wildman–Crippen LogP) is 3.03. The van der Waals surface area contributed by atoms with Crippen molar-refractivity contribution in [3.63, 3.8) is 0 Å². The topological polar surface area (TPSA) is 32.3 Å². The third kappa shape index (κ3) is 3.99. The molecule has 0 unspecified atom stereocenters. The number of rotatable bonds is 5. The Labute approximate surface area is 100 Å². The molecule has 1 rings (SSSR count). The number of hydrogen-bond donors (Lipinski definition) is 2. The van der Waals surface area contributed by atoms with Gasteiger partial charge in [-0.05, 0) is 37.6 Å². The zero-order valence-corrected chi connectivity index (χ0v) is 10.1. The van der Waals surface area contributed by atoms with Crippen LogP contribution in [-0.4, -0.2) is 18.3 Å². The third-order valence-corrected chi connectivity index (χ3v) is 2.78. The SMILES string of the molecule is C[C@@H](NCCCO)c1ccc(Cl)cc1Cl. The molecule has 0 fully saturated rings. The second-order valence-electron chi connectivity index (χ2n) is 3.42. The lowest BCUT2D eigenvalue weighted by Gasteiger charge is -2.15. The van der Waals surface area contributed by atoms with E-state index >= 15 is 0 Å². The Kier molecular flexibility index (Phi) is 5.40. The summed E-state index contributed by atoms with van der Waals surface area (Å²) < 4.78 is 0. The molecule has 0 aliphatic rings. The van der Waals surface area contributed by atoms with Crippen molar-refractivity contribution in [3.8, 4) is 0 Å². The molecule has 0 radical (unpaired) electrons. The average Bonchev–Trinajstić information content (AvgIpc) is 2.17. The van der Waals surface area contributed by atoms with Crippen molar-refractivity contribution in [2.24, 2.45) is 0 Å². The van der Waals surface area contributed by atoms with Gasteiger partial charge >= 0.3 is 0 Å². The van der Waals surface area contributed by atoms with Crippen LogP contribution in [0.15, 0.2) is 18.2 Å². The minimum atomic E-state index is 0.168. The van der Waals surface area contributed by atoms with E-state index in [0.717, 1.165) is 18.5 Å². The zero-order chi connectivity index (χ0) is 11.3. The Hall–Kier alpha value is -0.280. The van der Waals surface area contributed by atoms with Crippen LogP contribution in [0.1, 0.15) is 24.9 Å². The fourth-order valence-electron chi connectivity index (χ4n) is 1.36. The van der Waals surface area contributed by atoms with Crippen LogP contribution >= 0.6 is 23.2 Å². The Morgan fingerprint density at radius 3 is 2.73 bits per heavy atom. The van der Waals surface area contributed by atoms with Crippen LogP contribution in [0.5, 0.6) is 0 Å². The van der Waals surface area contributed by atoms with E-state index in [2.05, 4.69) is 5.32 Å². The summed E-state index contributed by atoms with van der Waals surface area (Å²) in [6, 6.07) is 5.65. The molecule has 4 heteroatoms. The molecule has 0 bridgehead atoms. The van der Waals surface area contributed by atoms with Gasteiger partial charge in [0, 0.05) is 22.7 Å². The van der Waals surface area contributed by atoms with E-state index in [1.165, 1.54) is 0 Å². The first-order valence-corrected chi connectivity index (χ1v) is 5.70. The number of aliphatic hydroxyl groups is 1. The molecule has 0 aromatic heterocycles. The van der Waals surface area contributed by atoms with E-state index in [0.29, 0.717) is 10.0 Å². The van der Waals surface area contributed by atoms with Gasteiger partial charge in [-0.1, -0.05) is 29.3 Å². The smallest absolute Gasteiger partial charge is 0.0468 e. The highest BCUT2D eigenvalue weighted by molar-refractivity contribution is 6.35. The van der Waals surface area contributed by atoms with Gasteiger partial charge in [0.2, 0.25) is 0 Å². The monoisotopic (exact) mass is 247 g/mol. The predicted molar refractivity (Wildman–Crippen MR) is 64.6 cm³/mol. The summed E-state index contributed by atoms with van der Waals surface area (Å²) in [6.45, 7) is 3.01. The van der Waals surface area contributed by atoms with E-state index in [1.807, 2.05) is 19.1 Å². The molecule has 0 saturated heterocycles. The van der Waals surface area contributed by atoms with Gasteiger partial charge in [-0.2, -0.15) is 0 Å². The highest BCUT2D eigenvalue weighted by atomic mass is 35.5. The summed E-state index contributed by atoms with van der Waals surface area (Å²) >= 11 is 11.9. The molecule has 2 nitrogen and oxygen atoms in total. The molecule has 1 aromatic carbocycles. The normalized spacial score (nSPS) is 12.8. The number of benzene rings is 1. The fraction of sp³-hybridized carbons (Fsp3) is 0.455. The molecule has 0 amide bonds. The van der Waals surface area contributed by atoms with Gasteiger partial charge in [-0.15, -0.1) is 0 Å². The third-order valence-electron chi connectivity index (χ3n) is 2.21. The minimum Gasteiger partial charge on any atom is -0.396 e. The quantitative estimate of drug-likeness (QED) is 0.785. The molecule has 0 aliphatic carbocycles. The van der Waals surface area contributed by atoms with E-state index in [9.17, 15) is 0 Å². The van der Waals surface area contributed by atoms with Crippen LogP contribution < -0.4 is 5.32 Å². The maximum absolute atomic E-state index is 8.66. The maximum Gasteiger partial charge on any atom is 0.0468 e.